The predicted octanol–water partition coefficient (Wildman–Crippen LogP) is 5.82. The second-order valence-electron chi connectivity index (χ2n) is 6.18. The molecule has 1 aliphatic carbocycles. The number of hydrogen-bond donors (Lipinski definition) is 0. The number of fused-ring (bicyclic) bond motifs is 1. The molecule has 1 heterocycles. The quantitative estimate of drug-likeness (QED) is 0.604. The third kappa shape index (κ3) is 2.85. The second kappa shape index (κ2) is 5.54. The van der Waals surface area contributed by atoms with Crippen LogP contribution in [0.2, 0.25) is 0 Å². The predicted molar refractivity (Wildman–Crippen MR) is 88.2 cm³/mol. The first-order chi connectivity index (χ1) is 9.96. The fourth-order valence-electron chi connectivity index (χ4n) is 3.14. The third-order valence-corrected chi connectivity index (χ3v) is 5.21. The average molecular weight is 374 g/mol. The zero-order chi connectivity index (χ0) is 15.2. The minimum absolute atomic E-state index is 0.184. The maximum atomic E-state index is 13.9. The lowest BCUT2D eigenvalue weighted by Crippen LogP contribution is -2.14. The Bertz CT molecular complexity index is 676. The van der Waals surface area contributed by atoms with Gasteiger partial charge in [-0.15, -0.1) is 11.6 Å². The van der Waals surface area contributed by atoms with Crippen LogP contribution in [0.3, 0.4) is 0 Å². The Hall–Kier alpha value is -0.610. The molecule has 0 saturated heterocycles. The lowest BCUT2D eigenvalue weighted by atomic mass is 10.0. The smallest absolute Gasteiger partial charge is 0.139 e. The molecule has 1 aromatic carbocycles. The van der Waals surface area contributed by atoms with Gasteiger partial charge < -0.3 is 4.57 Å². The zero-order valence-electron chi connectivity index (χ0n) is 12.3. The first-order valence-corrected chi connectivity index (χ1v) is 8.68. The molecular weight excluding hydrogens is 355 g/mol. The highest BCUT2D eigenvalue weighted by atomic mass is 79.9. The summed E-state index contributed by atoms with van der Waals surface area (Å²) in [4.78, 5) is 4.62. The topological polar surface area (TPSA) is 17.8 Å². The maximum Gasteiger partial charge on any atom is 0.139 e. The van der Waals surface area contributed by atoms with Gasteiger partial charge in [0.15, 0.2) is 0 Å². The zero-order valence-corrected chi connectivity index (χ0v) is 14.6. The van der Waals surface area contributed by atoms with Crippen molar-refractivity contribution in [1.29, 1.82) is 0 Å². The molecule has 1 aliphatic rings. The van der Waals surface area contributed by atoms with Gasteiger partial charge in [0.1, 0.15) is 11.6 Å². The van der Waals surface area contributed by atoms with Crippen LogP contribution in [0.1, 0.15) is 50.7 Å². The summed E-state index contributed by atoms with van der Waals surface area (Å²) in [6.07, 6.45) is 4.88. The second-order valence-corrected chi connectivity index (χ2v) is 7.69. The number of alkyl halides is 1. The fourth-order valence-corrected chi connectivity index (χ4v) is 3.64. The van der Waals surface area contributed by atoms with Gasteiger partial charge in [-0.05, 0) is 53.6 Å². The van der Waals surface area contributed by atoms with Crippen molar-refractivity contribution in [1.82, 2.24) is 9.55 Å². The van der Waals surface area contributed by atoms with E-state index in [1.807, 2.05) is 6.92 Å². The Balaban J connectivity index is 2.10. The molecule has 21 heavy (non-hydrogen) atoms. The standard InChI is InChI=1S/C16H19BrClFN2/c1-3-4-16(5-6-16)9-21-14-8-12(19)11(17)7-13(14)20-15(21)10(2)18/h7-8,10H,3-6,9H2,1-2H3. The minimum Gasteiger partial charge on any atom is -0.326 e. The van der Waals surface area contributed by atoms with E-state index >= 15 is 0 Å². The van der Waals surface area contributed by atoms with Gasteiger partial charge in [-0.3, -0.25) is 0 Å². The van der Waals surface area contributed by atoms with Crippen molar-refractivity contribution in [2.75, 3.05) is 0 Å². The van der Waals surface area contributed by atoms with Gasteiger partial charge in [0.05, 0.1) is 20.9 Å². The molecule has 1 aromatic heterocycles. The van der Waals surface area contributed by atoms with Gasteiger partial charge in [0.25, 0.3) is 0 Å². The van der Waals surface area contributed by atoms with E-state index in [0.717, 1.165) is 23.4 Å². The van der Waals surface area contributed by atoms with Crippen LogP contribution in [0.15, 0.2) is 16.6 Å². The molecule has 0 bridgehead atoms. The van der Waals surface area contributed by atoms with Crippen molar-refractivity contribution >= 4 is 38.6 Å². The van der Waals surface area contributed by atoms with E-state index in [4.69, 9.17) is 11.6 Å². The maximum absolute atomic E-state index is 13.9. The molecule has 0 radical (unpaired) electrons. The van der Waals surface area contributed by atoms with Crippen molar-refractivity contribution in [2.24, 2.45) is 5.41 Å². The van der Waals surface area contributed by atoms with Gasteiger partial charge >= 0.3 is 0 Å². The molecule has 2 nitrogen and oxygen atoms in total. The summed E-state index contributed by atoms with van der Waals surface area (Å²) in [5.74, 6) is 0.587. The van der Waals surface area contributed by atoms with Crippen LogP contribution in [0.5, 0.6) is 0 Å². The highest BCUT2D eigenvalue weighted by Gasteiger charge is 2.42. The van der Waals surface area contributed by atoms with E-state index in [-0.39, 0.29) is 11.2 Å². The molecule has 5 heteroatoms. The van der Waals surface area contributed by atoms with Crippen LogP contribution >= 0.6 is 27.5 Å². The average Bonchev–Trinajstić information content (AvgIpc) is 3.09. The van der Waals surface area contributed by atoms with Crippen LogP contribution in [0.25, 0.3) is 11.0 Å². The van der Waals surface area contributed by atoms with Crippen molar-refractivity contribution in [2.45, 2.75) is 51.5 Å². The first kappa shape index (κ1) is 15.3. The molecule has 114 valence electrons. The van der Waals surface area contributed by atoms with E-state index in [0.29, 0.717) is 9.89 Å². The Morgan fingerprint density at radius 3 is 2.76 bits per heavy atom. The van der Waals surface area contributed by atoms with Gasteiger partial charge in [0.2, 0.25) is 0 Å². The summed E-state index contributed by atoms with van der Waals surface area (Å²) >= 11 is 9.53. The van der Waals surface area contributed by atoms with Crippen LogP contribution in [-0.2, 0) is 6.54 Å². The van der Waals surface area contributed by atoms with Crippen molar-refractivity contribution in [3.05, 3.63) is 28.2 Å². The summed E-state index contributed by atoms with van der Waals surface area (Å²) in [6.45, 7) is 5.03. The number of benzene rings is 1. The van der Waals surface area contributed by atoms with Crippen LogP contribution in [0.4, 0.5) is 4.39 Å². The van der Waals surface area contributed by atoms with Gasteiger partial charge in [0, 0.05) is 12.6 Å². The highest BCUT2D eigenvalue weighted by Crippen LogP contribution is 2.51. The van der Waals surface area contributed by atoms with Crippen molar-refractivity contribution in [3.63, 3.8) is 0 Å². The van der Waals surface area contributed by atoms with Crippen molar-refractivity contribution in [3.8, 4) is 0 Å². The Labute approximate surface area is 137 Å². The highest BCUT2D eigenvalue weighted by molar-refractivity contribution is 9.10. The monoisotopic (exact) mass is 372 g/mol. The summed E-state index contributed by atoms with van der Waals surface area (Å²) in [5.41, 5.74) is 2.02. The third-order valence-electron chi connectivity index (χ3n) is 4.41. The van der Waals surface area contributed by atoms with Gasteiger partial charge in [-0.25, -0.2) is 9.37 Å². The van der Waals surface area contributed by atoms with E-state index in [1.165, 1.54) is 25.7 Å². The molecule has 1 fully saturated rings. The Morgan fingerprint density at radius 1 is 1.48 bits per heavy atom. The number of hydrogen-bond acceptors (Lipinski definition) is 1. The van der Waals surface area contributed by atoms with E-state index < -0.39 is 0 Å². The van der Waals surface area contributed by atoms with Crippen LogP contribution in [0, 0.1) is 11.2 Å². The van der Waals surface area contributed by atoms with Crippen molar-refractivity contribution < 1.29 is 4.39 Å². The largest absolute Gasteiger partial charge is 0.326 e. The summed E-state index contributed by atoms with van der Waals surface area (Å²) in [6, 6.07) is 3.31. The summed E-state index contributed by atoms with van der Waals surface area (Å²) < 4.78 is 16.5. The molecule has 1 saturated carbocycles. The first-order valence-electron chi connectivity index (χ1n) is 7.45. The Morgan fingerprint density at radius 2 is 2.19 bits per heavy atom. The summed E-state index contributed by atoms with van der Waals surface area (Å²) in [7, 11) is 0. The van der Waals surface area contributed by atoms with Crippen LogP contribution < -0.4 is 0 Å². The molecule has 1 unspecified atom stereocenters. The Kier molecular flexibility index (Phi) is 4.04. The molecule has 3 rings (SSSR count). The number of aromatic nitrogens is 2. The summed E-state index contributed by atoms with van der Waals surface area (Å²) in [5, 5.41) is -0.184. The van der Waals surface area contributed by atoms with E-state index in [1.54, 1.807) is 12.1 Å². The lowest BCUT2D eigenvalue weighted by Gasteiger charge is -2.18. The molecule has 2 aromatic rings. The number of halogens is 3. The number of imidazole rings is 1. The number of nitrogens with zero attached hydrogens (tertiary/aromatic N) is 2. The van der Waals surface area contributed by atoms with Gasteiger partial charge in [-0.1, -0.05) is 13.3 Å². The minimum atomic E-state index is -0.252. The molecular formula is C16H19BrClFN2. The molecule has 0 amide bonds. The van der Waals surface area contributed by atoms with E-state index in [9.17, 15) is 4.39 Å². The number of rotatable bonds is 5. The van der Waals surface area contributed by atoms with Crippen LogP contribution in [-0.4, -0.2) is 9.55 Å². The van der Waals surface area contributed by atoms with E-state index in [2.05, 4.69) is 32.4 Å². The lowest BCUT2D eigenvalue weighted by molar-refractivity contribution is 0.387. The molecule has 0 spiro atoms. The SMILES string of the molecule is CCCC1(Cn2c(C(C)Cl)nc3cc(Br)c(F)cc32)CC1. The molecule has 0 aliphatic heterocycles. The molecule has 1 atom stereocenters. The fraction of sp³-hybridized carbons (Fsp3) is 0.562. The van der Waals surface area contributed by atoms with Gasteiger partial charge in [-0.2, -0.15) is 0 Å². The molecule has 0 N–H and O–H groups in total. The normalized spacial score (nSPS) is 18.1.